The van der Waals surface area contributed by atoms with E-state index in [0.29, 0.717) is 6.42 Å². The van der Waals surface area contributed by atoms with Crippen molar-refractivity contribution >= 4 is 11.5 Å². The Labute approximate surface area is 124 Å². The smallest absolute Gasteiger partial charge is 0.167 e. The number of nitrogens with one attached hydrogen (secondary N) is 1. The minimum absolute atomic E-state index is 0.00288. The molecule has 0 saturated carbocycles. The Bertz CT molecular complexity index is 664. The monoisotopic (exact) mass is 281 g/mol. The quantitative estimate of drug-likeness (QED) is 0.915. The van der Waals surface area contributed by atoms with Crippen molar-refractivity contribution in [2.75, 3.05) is 5.32 Å². The lowest BCUT2D eigenvalue weighted by Crippen LogP contribution is -2.22. The van der Waals surface area contributed by atoms with Crippen LogP contribution in [-0.4, -0.2) is 11.9 Å². The Kier molecular flexibility index (Phi) is 3.65. The van der Waals surface area contributed by atoms with Crippen molar-refractivity contribution < 1.29 is 9.53 Å². The third-order valence-electron chi connectivity index (χ3n) is 3.58. The van der Waals surface area contributed by atoms with E-state index in [9.17, 15) is 4.79 Å². The van der Waals surface area contributed by atoms with Crippen LogP contribution in [0.3, 0.4) is 0 Å². The van der Waals surface area contributed by atoms with Crippen LogP contribution >= 0.6 is 0 Å². The molecule has 1 atom stereocenters. The molecule has 0 radical (unpaired) electrons. The molecule has 0 amide bonds. The standard InChI is InChI=1S/C18H19NO2/c1-12(2)21-14-7-5-6-13(10-14)17-11-18(20)15-8-3-4-9-16(15)19-17/h3-10,12,17,19H,11H2,1-2H3. The summed E-state index contributed by atoms with van der Waals surface area (Å²) < 4.78 is 5.73. The highest BCUT2D eigenvalue weighted by Gasteiger charge is 2.25. The first kappa shape index (κ1) is 13.7. The molecule has 3 rings (SSSR count). The molecule has 0 fully saturated rings. The van der Waals surface area contributed by atoms with Gasteiger partial charge in [-0.25, -0.2) is 0 Å². The molecule has 0 bridgehead atoms. The van der Waals surface area contributed by atoms with Crippen LogP contribution in [0.15, 0.2) is 48.5 Å². The molecule has 0 saturated heterocycles. The maximum absolute atomic E-state index is 12.3. The van der Waals surface area contributed by atoms with E-state index in [0.717, 1.165) is 22.6 Å². The van der Waals surface area contributed by atoms with E-state index >= 15 is 0 Å². The van der Waals surface area contributed by atoms with Gasteiger partial charge in [-0.05, 0) is 43.7 Å². The molecular weight excluding hydrogens is 262 g/mol. The van der Waals surface area contributed by atoms with Crippen molar-refractivity contribution in [2.45, 2.75) is 32.4 Å². The summed E-state index contributed by atoms with van der Waals surface area (Å²) in [4.78, 5) is 12.3. The second kappa shape index (κ2) is 5.60. The van der Waals surface area contributed by atoms with E-state index in [1.807, 2.05) is 62.4 Å². The Morgan fingerprint density at radius 2 is 1.95 bits per heavy atom. The second-order valence-electron chi connectivity index (χ2n) is 5.61. The van der Waals surface area contributed by atoms with Gasteiger partial charge < -0.3 is 10.1 Å². The van der Waals surface area contributed by atoms with Crippen LogP contribution < -0.4 is 10.1 Å². The molecule has 1 aliphatic rings. The normalized spacial score (nSPS) is 17.3. The van der Waals surface area contributed by atoms with Gasteiger partial charge >= 0.3 is 0 Å². The van der Waals surface area contributed by atoms with Crippen LogP contribution in [0.2, 0.25) is 0 Å². The van der Waals surface area contributed by atoms with Crippen molar-refractivity contribution in [2.24, 2.45) is 0 Å². The summed E-state index contributed by atoms with van der Waals surface area (Å²) in [6.45, 7) is 4.01. The third-order valence-corrected chi connectivity index (χ3v) is 3.58. The molecule has 0 aromatic heterocycles. The average molecular weight is 281 g/mol. The first-order valence-corrected chi connectivity index (χ1v) is 7.29. The number of fused-ring (bicyclic) bond motifs is 1. The molecular formula is C18H19NO2. The van der Waals surface area contributed by atoms with Gasteiger partial charge in [-0.3, -0.25) is 4.79 Å². The van der Waals surface area contributed by atoms with Crippen molar-refractivity contribution in [1.29, 1.82) is 0 Å². The number of benzene rings is 2. The fourth-order valence-electron chi connectivity index (χ4n) is 2.66. The highest BCUT2D eigenvalue weighted by Crippen LogP contribution is 2.33. The Hall–Kier alpha value is -2.29. The number of carbonyl (C=O) groups excluding carboxylic acids is 1. The number of hydrogen-bond donors (Lipinski definition) is 1. The first-order valence-electron chi connectivity index (χ1n) is 7.29. The molecule has 1 heterocycles. The fourth-order valence-corrected chi connectivity index (χ4v) is 2.66. The number of carbonyl (C=O) groups is 1. The van der Waals surface area contributed by atoms with Crippen molar-refractivity contribution in [3.05, 3.63) is 59.7 Å². The first-order chi connectivity index (χ1) is 10.1. The minimum atomic E-state index is 0.00288. The zero-order valence-corrected chi connectivity index (χ0v) is 12.3. The van der Waals surface area contributed by atoms with E-state index in [4.69, 9.17) is 4.74 Å². The molecule has 1 unspecified atom stereocenters. The van der Waals surface area contributed by atoms with Crippen molar-refractivity contribution in [3.8, 4) is 5.75 Å². The third kappa shape index (κ3) is 2.92. The number of hydrogen-bond acceptors (Lipinski definition) is 3. The van der Waals surface area contributed by atoms with Gasteiger partial charge in [-0.15, -0.1) is 0 Å². The lowest BCUT2D eigenvalue weighted by molar-refractivity contribution is 0.0972. The van der Waals surface area contributed by atoms with Crippen molar-refractivity contribution in [1.82, 2.24) is 0 Å². The molecule has 108 valence electrons. The van der Waals surface area contributed by atoms with E-state index in [1.54, 1.807) is 0 Å². The topological polar surface area (TPSA) is 38.3 Å². The van der Waals surface area contributed by atoms with Gasteiger partial charge in [0.1, 0.15) is 5.75 Å². The van der Waals surface area contributed by atoms with Gasteiger partial charge in [0.05, 0.1) is 12.1 Å². The lowest BCUT2D eigenvalue weighted by atomic mass is 9.92. The van der Waals surface area contributed by atoms with Crippen LogP contribution in [0.5, 0.6) is 5.75 Å². The largest absolute Gasteiger partial charge is 0.491 e. The number of anilines is 1. The van der Waals surface area contributed by atoms with E-state index in [-0.39, 0.29) is 17.9 Å². The maximum Gasteiger partial charge on any atom is 0.167 e. The molecule has 1 N–H and O–H groups in total. The van der Waals surface area contributed by atoms with E-state index in [2.05, 4.69) is 5.32 Å². The van der Waals surface area contributed by atoms with Crippen LogP contribution in [-0.2, 0) is 0 Å². The molecule has 2 aromatic rings. The Morgan fingerprint density at radius 1 is 1.14 bits per heavy atom. The molecule has 3 nitrogen and oxygen atoms in total. The number of rotatable bonds is 3. The summed E-state index contributed by atoms with van der Waals surface area (Å²) in [7, 11) is 0. The molecule has 2 aromatic carbocycles. The average Bonchev–Trinajstić information content (AvgIpc) is 2.47. The number of para-hydroxylation sites is 1. The molecule has 0 spiro atoms. The summed E-state index contributed by atoms with van der Waals surface area (Å²) in [6.07, 6.45) is 0.615. The number of Topliss-reactive ketones (excluding diaryl/α,β-unsaturated/α-hetero) is 1. The fraction of sp³-hybridized carbons (Fsp3) is 0.278. The summed E-state index contributed by atoms with van der Waals surface area (Å²) in [5, 5.41) is 3.45. The molecule has 21 heavy (non-hydrogen) atoms. The van der Waals surface area contributed by atoms with E-state index in [1.165, 1.54) is 0 Å². The van der Waals surface area contributed by atoms with Gasteiger partial charge in [-0.2, -0.15) is 0 Å². The lowest BCUT2D eigenvalue weighted by Gasteiger charge is -2.26. The maximum atomic E-state index is 12.3. The van der Waals surface area contributed by atoms with E-state index < -0.39 is 0 Å². The second-order valence-corrected chi connectivity index (χ2v) is 5.61. The molecule has 0 aliphatic carbocycles. The zero-order chi connectivity index (χ0) is 14.8. The predicted molar refractivity (Wildman–Crippen MR) is 84.0 cm³/mol. The van der Waals surface area contributed by atoms with Crippen LogP contribution in [0, 0.1) is 0 Å². The van der Waals surface area contributed by atoms with Gasteiger partial charge in [0.25, 0.3) is 0 Å². The molecule has 3 heteroatoms. The predicted octanol–water partition coefficient (Wildman–Crippen LogP) is 4.21. The van der Waals surface area contributed by atoms with Crippen LogP contribution in [0.25, 0.3) is 0 Å². The Balaban J connectivity index is 1.87. The molecule has 1 aliphatic heterocycles. The van der Waals surface area contributed by atoms with Crippen LogP contribution in [0.4, 0.5) is 5.69 Å². The highest BCUT2D eigenvalue weighted by atomic mass is 16.5. The SMILES string of the molecule is CC(C)Oc1cccc(C2CC(=O)c3ccccc3N2)c1. The summed E-state index contributed by atoms with van der Waals surface area (Å²) in [6, 6.07) is 15.6. The number of ether oxygens (including phenoxy) is 1. The summed E-state index contributed by atoms with van der Waals surface area (Å²) >= 11 is 0. The Morgan fingerprint density at radius 3 is 2.76 bits per heavy atom. The van der Waals surface area contributed by atoms with Crippen molar-refractivity contribution in [3.63, 3.8) is 0 Å². The van der Waals surface area contributed by atoms with Gasteiger partial charge in [0.15, 0.2) is 5.78 Å². The van der Waals surface area contributed by atoms with Gasteiger partial charge in [0, 0.05) is 17.7 Å². The summed E-state index contributed by atoms with van der Waals surface area (Å²) in [5.74, 6) is 1.03. The van der Waals surface area contributed by atoms with Gasteiger partial charge in [0.2, 0.25) is 0 Å². The zero-order valence-electron chi connectivity index (χ0n) is 12.3. The van der Waals surface area contributed by atoms with Crippen LogP contribution in [0.1, 0.15) is 42.2 Å². The minimum Gasteiger partial charge on any atom is -0.491 e. The highest BCUT2D eigenvalue weighted by molar-refractivity contribution is 6.03. The number of ketones is 1. The van der Waals surface area contributed by atoms with Gasteiger partial charge in [-0.1, -0.05) is 24.3 Å². The summed E-state index contributed by atoms with van der Waals surface area (Å²) in [5.41, 5.74) is 2.77.